The Kier molecular flexibility index (Phi) is 2.42. The zero-order chi connectivity index (χ0) is 11.1. The zero-order valence-electron chi connectivity index (χ0n) is 9.87. The van der Waals surface area contributed by atoms with Gasteiger partial charge in [-0.1, -0.05) is 31.8 Å². The van der Waals surface area contributed by atoms with E-state index in [-0.39, 0.29) is 0 Å². The number of ether oxygens (including phenoxy) is 1. The van der Waals surface area contributed by atoms with E-state index >= 15 is 0 Å². The van der Waals surface area contributed by atoms with Crippen LogP contribution in [0.3, 0.4) is 0 Å². The van der Waals surface area contributed by atoms with Crippen LogP contribution in [0, 0.1) is 0 Å². The van der Waals surface area contributed by atoms with Crippen LogP contribution in [0.5, 0.6) is 5.75 Å². The zero-order valence-corrected chi connectivity index (χ0v) is 10.9. The average Bonchev–Trinajstić information content (AvgIpc) is 2.15. The molecular formula is C12H18NOSi+. The monoisotopic (exact) mass is 220 g/mol. The summed E-state index contributed by atoms with van der Waals surface area (Å²) < 4.78 is 7.89. The van der Waals surface area contributed by atoms with Crippen molar-refractivity contribution in [1.82, 2.24) is 0 Å². The summed E-state index contributed by atoms with van der Waals surface area (Å²) in [6, 6.07) is 6.46. The largest absolute Gasteiger partial charge is 0.436 e. The molecule has 1 aromatic carbocycles. The number of fused-ring (bicyclic) bond motifs is 1. The summed E-state index contributed by atoms with van der Waals surface area (Å²) in [6.07, 6.45) is 2.16. The molecule has 0 N–H and O–H groups in total. The molecular weight excluding hydrogens is 202 g/mol. The maximum Gasteiger partial charge on any atom is 0.286 e. The standard InChI is InChI=1S/C12H18NOSi/c1-13-8-10-6-5-7-11(15(2,3)4)12(10)14-9-13/h5-8H,9H2,1-4H3/q+1. The molecule has 3 heteroatoms. The molecule has 0 saturated carbocycles. The Balaban J connectivity index is 2.57. The number of nitrogens with zero attached hydrogens (tertiary/aromatic N) is 1. The topological polar surface area (TPSA) is 12.2 Å². The van der Waals surface area contributed by atoms with Crippen LogP contribution in [0.25, 0.3) is 0 Å². The first-order valence-electron chi connectivity index (χ1n) is 5.30. The number of benzene rings is 1. The van der Waals surface area contributed by atoms with Gasteiger partial charge in [0.25, 0.3) is 6.73 Å². The van der Waals surface area contributed by atoms with Crippen LogP contribution in [-0.4, -0.2) is 32.6 Å². The van der Waals surface area contributed by atoms with Crippen LogP contribution in [0.2, 0.25) is 19.6 Å². The van der Waals surface area contributed by atoms with E-state index in [0.717, 1.165) is 5.75 Å². The van der Waals surface area contributed by atoms with Crippen LogP contribution in [-0.2, 0) is 0 Å². The summed E-state index contributed by atoms with van der Waals surface area (Å²) in [6.45, 7) is 7.72. The predicted molar refractivity (Wildman–Crippen MR) is 66.3 cm³/mol. The van der Waals surface area contributed by atoms with Gasteiger partial charge in [-0.15, -0.1) is 0 Å². The minimum absolute atomic E-state index is 0.661. The van der Waals surface area contributed by atoms with Gasteiger partial charge in [0, 0.05) is 0 Å². The van der Waals surface area contributed by atoms with E-state index in [9.17, 15) is 0 Å². The molecule has 2 nitrogen and oxygen atoms in total. The molecule has 1 heterocycles. The van der Waals surface area contributed by atoms with Gasteiger partial charge in [0.2, 0.25) is 0 Å². The summed E-state index contributed by atoms with van der Waals surface area (Å²) in [5, 5.41) is 1.42. The van der Waals surface area contributed by atoms with Crippen LogP contribution in [0.4, 0.5) is 0 Å². The van der Waals surface area contributed by atoms with E-state index < -0.39 is 8.07 Å². The molecule has 1 aromatic rings. The summed E-state index contributed by atoms with van der Waals surface area (Å²) in [7, 11) is 0.734. The van der Waals surface area contributed by atoms with E-state index in [1.165, 1.54) is 10.8 Å². The molecule has 2 rings (SSSR count). The van der Waals surface area contributed by atoms with Crippen LogP contribution < -0.4 is 9.92 Å². The van der Waals surface area contributed by atoms with Crippen molar-refractivity contribution in [3.05, 3.63) is 23.8 Å². The Bertz CT molecular complexity index is 418. The second-order valence-electron chi connectivity index (χ2n) is 5.13. The van der Waals surface area contributed by atoms with Gasteiger partial charge in [-0.2, -0.15) is 0 Å². The number of para-hydroxylation sites is 1. The van der Waals surface area contributed by atoms with Gasteiger partial charge >= 0.3 is 0 Å². The minimum Gasteiger partial charge on any atom is -0.436 e. The van der Waals surface area contributed by atoms with E-state index in [1.807, 2.05) is 7.05 Å². The minimum atomic E-state index is -1.30. The van der Waals surface area contributed by atoms with E-state index in [0.29, 0.717) is 6.73 Å². The van der Waals surface area contributed by atoms with Crippen LogP contribution >= 0.6 is 0 Å². The highest BCUT2D eigenvalue weighted by molar-refractivity contribution is 6.89. The van der Waals surface area contributed by atoms with Crippen molar-refractivity contribution in [3.63, 3.8) is 0 Å². The Morgan fingerprint density at radius 3 is 2.67 bits per heavy atom. The van der Waals surface area contributed by atoms with Crippen molar-refractivity contribution in [3.8, 4) is 5.75 Å². The molecule has 1 aliphatic heterocycles. The van der Waals surface area contributed by atoms with Gasteiger partial charge in [-0.25, -0.2) is 4.58 Å². The predicted octanol–water partition coefficient (Wildman–Crippen LogP) is 1.64. The summed E-state index contributed by atoms with van der Waals surface area (Å²) in [4.78, 5) is 0. The third-order valence-electron chi connectivity index (χ3n) is 2.63. The lowest BCUT2D eigenvalue weighted by atomic mass is 10.2. The Hall–Kier alpha value is -1.09. The quantitative estimate of drug-likeness (QED) is 0.518. The lowest BCUT2D eigenvalue weighted by Gasteiger charge is -2.23. The molecule has 0 fully saturated rings. The third kappa shape index (κ3) is 1.97. The molecule has 0 aliphatic carbocycles. The highest BCUT2D eigenvalue weighted by Gasteiger charge is 2.25. The molecule has 1 aliphatic rings. The summed E-state index contributed by atoms with van der Waals surface area (Å²) >= 11 is 0. The number of hydrogen-bond donors (Lipinski definition) is 0. The molecule has 0 unspecified atom stereocenters. The Labute approximate surface area is 92.2 Å². The second kappa shape index (κ2) is 3.49. The lowest BCUT2D eigenvalue weighted by molar-refractivity contribution is -0.528. The van der Waals surface area contributed by atoms with Crippen molar-refractivity contribution in [1.29, 1.82) is 0 Å². The fraction of sp³-hybridized carbons (Fsp3) is 0.417. The summed E-state index contributed by atoms with van der Waals surface area (Å²) in [5.74, 6) is 1.11. The van der Waals surface area contributed by atoms with Crippen molar-refractivity contribution in [2.45, 2.75) is 19.6 Å². The van der Waals surface area contributed by atoms with E-state index in [1.54, 1.807) is 0 Å². The maximum absolute atomic E-state index is 5.82. The van der Waals surface area contributed by atoms with Crippen LogP contribution in [0.15, 0.2) is 18.2 Å². The molecule has 15 heavy (non-hydrogen) atoms. The fourth-order valence-electron chi connectivity index (χ4n) is 1.85. The molecule has 80 valence electrons. The number of rotatable bonds is 1. The van der Waals surface area contributed by atoms with Crippen molar-refractivity contribution in [2.75, 3.05) is 13.8 Å². The third-order valence-corrected chi connectivity index (χ3v) is 4.64. The first-order valence-corrected chi connectivity index (χ1v) is 8.80. The number of hydrogen-bond acceptors (Lipinski definition) is 1. The maximum atomic E-state index is 5.82. The Morgan fingerprint density at radius 1 is 1.27 bits per heavy atom. The van der Waals surface area contributed by atoms with E-state index in [2.05, 4.69) is 48.6 Å². The smallest absolute Gasteiger partial charge is 0.286 e. The average molecular weight is 220 g/mol. The Morgan fingerprint density at radius 2 is 2.00 bits per heavy atom. The highest BCUT2D eigenvalue weighted by Crippen LogP contribution is 2.20. The SMILES string of the molecule is C[N+]1=Cc2cccc([Si](C)(C)C)c2OC1. The van der Waals surface area contributed by atoms with E-state index in [4.69, 9.17) is 4.74 Å². The van der Waals surface area contributed by atoms with Gasteiger partial charge in [0.1, 0.15) is 12.8 Å². The first-order chi connectivity index (χ1) is 6.98. The molecule has 0 saturated heterocycles. The molecule has 0 atom stereocenters. The van der Waals surface area contributed by atoms with Crippen molar-refractivity contribution < 1.29 is 9.31 Å². The normalized spacial score (nSPS) is 15.3. The molecule has 0 spiro atoms. The van der Waals surface area contributed by atoms with Gasteiger partial charge in [0.15, 0.2) is 6.21 Å². The molecule has 0 bridgehead atoms. The van der Waals surface area contributed by atoms with Crippen molar-refractivity contribution in [2.24, 2.45) is 0 Å². The molecule has 0 radical (unpaired) electrons. The molecule has 0 amide bonds. The van der Waals surface area contributed by atoms with Gasteiger partial charge in [-0.3, -0.25) is 0 Å². The first kappa shape index (κ1) is 10.4. The lowest BCUT2D eigenvalue weighted by Crippen LogP contribution is -2.40. The fourth-order valence-corrected chi connectivity index (χ4v) is 3.34. The van der Waals surface area contributed by atoms with Gasteiger partial charge in [0.05, 0.1) is 13.6 Å². The van der Waals surface area contributed by atoms with Gasteiger partial charge in [-0.05, 0) is 11.3 Å². The molecule has 0 aromatic heterocycles. The van der Waals surface area contributed by atoms with Crippen molar-refractivity contribution >= 4 is 19.5 Å². The van der Waals surface area contributed by atoms with Gasteiger partial charge < -0.3 is 4.74 Å². The van der Waals surface area contributed by atoms with Crippen LogP contribution in [0.1, 0.15) is 5.56 Å². The highest BCUT2D eigenvalue weighted by atomic mass is 28.3. The second-order valence-corrected chi connectivity index (χ2v) is 10.2. The summed E-state index contributed by atoms with van der Waals surface area (Å²) in [5.41, 5.74) is 1.21.